The average Bonchev–Trinajstić information content (AvgIpc) is 2.48. The van der Waals surface area contributed by atoms with Crippen LogP contribution in [-0.4, -0.2) is 54.1 Å². The van der Waals surface area contributed by atoms with Gasteiger partial charge in [-0.05, 0) is 37.8 Å². The van der Waals surface area contributed by atoms with Crippen LogP contribution in [0.5, 0.6) is 0 Å². The number of likely N-dealkylation sites (N-methyl/N-ethyl adjacent to an activating group) is 1. The topological polar surface area (TPSA) is 43.8 Å². The molecule has 1 aromatic carbocycles. The molecule has 1 fully saturated rings. The van der Waals surface area contributed by atoms with E-state index in [2.05, 4.69) is 4.90 Å². The van der Waals surface area contributed by atoms with E-state index in [1.165, 1.54) is 0 Å². The molecule has 0 radical (unpaired) electrons. The van der Waals surface area contributed by atoms with E-state index in [-0.39, 0.29) is 24.0 Å². The third-order valence-electron chi connectivity index (χ3n) is 4.33. The molecule has 0 saturated carbocycles. The van der Waals surface area contributed by atoms with E-state index in [4.69, 9.17) is 0 Å². The Labute approximate surface area is 127 Å². The normalized spacial score (nSPS) is 22.6. The zero-order valence-electron chi connectivity index (χ0n) is 13.2. The number of carbonyl (C=O) groups excluding carboxylic acids is 1. The van der Waals surface area contributed by atoms with Gasteiger partial charge < -0.3 is 10.0 Å². The van der Waals surface area contributed by atoms with Crippen molar-refractivity contribution in [2.75, 3.05) is 27.2 Å². The SMILES string of the molecule is CC(O)C1CCCN(C(C(=O)N(C)C)c2ccccc2)C1. The summed E-state index contributed by atoms with van der Waals surface area (Å²) in [4.78, 5) is 16.5. The standard InChI is InChI=1S/C17H26N2O2/c1-13(20)15-10-7-11-19(12-15)16(17(21)18(2)3)14-8-5-4-6-9-14/h4-6,8-9,13,15-16,20H,7,10-12H2,1-3H3. The molecule has 4 heteroatoms. The molecule has 4 nitrogen and oxygen atoms in total. The van der Waals surface area contributed by atoms with Crippen molar-refractivity contribution in [2.45, 2.75) is 31.9 Å². The van der Waals surface area contributed by atoms with Crippen molar-refractivity contribution in [2.24, 2.45) is 5.92 Å². The minimum Gasteiger partial charge on any atom is -0.393 e. The van der Waals surface area contributed by atoms with Crippen LogP contribution in [-0.2, 0) is 4.79 Å². The van der Waals surface area contributed by atoms with Gasteiger partial charge in [0.2, 0.25) is 5.91 Å². The Hall–Kier alpha value is -1.39. The first-order chi connectivity index (χ1) is 10.0. The number of nitrogens with zero attached hydrogens (tertiary/aromatic N) is 2. The first kappa shape index (κ1) is 16.0. The Balaban J connectivity index is 2.25. The van der Waals surface area contributed by atoms with Crippen molar-refractivity contribution in [3.05, 3.63) is 35.9 Å². The molecule has 21 heavy (non-hydrogen) atoms. The zero-order valence-corrected chi connectivity index (χ0v) is 13.2. The largest absolute Gasteiger partial charge is 0.393 e. The molecule has 1 aliphatic heterocycles. The molecule has 1 heterocycles. The molecule has 1 aromatic rings. The number of hydrogen-bond donors (Lipinski definition) is 1. The summed E-state index contributed by atoms with van der Waals surface area (Å²) in [6.45, 7) is 3.53. The lowest BCUT2D eigenvalue weighted by molar-refractivity contribution is -0.136. The van der Waals surface area contributed by atoms with E-state index in [1.807, 2.05) is 37.3 Å². The lowest BCUT2D eigenvalue weighted by atomic mass is 9.91. The summed E-state index contributed by atoms with van der Waals surface area (Å²) in [6.07, 6.45) is 1.74. The van der Waals surface area contributed by atoms with Crippen LogP contribution in [0.25, 0.3) is 0 Å². The van der Waals surface area contributed by atoms with Crippen LogP contribution < -0.4 is 0 Å². The molecule has 1 aliphatic rings. The van der Waals surface area contributed by atoms with Gasteiger partial charge in [0, 0.05) is 20.6 Å². The van der Waals surface area contributed by atoms with E-state index in [0.29, 0.717) is 0 Å². The Morgan fingerprint density at radius 1 is 1.33 bits per heavy atom. The zero-order chi connectivity index (χ0) is 15.4. The molecule has 3 unspecified atom stereocenters. The van der Waals surface area contributed by atoms with Crippen LogP contribution in [0.15, 0.2) is 30.3 Å². The predicted molar refractivity (Wildman–Crippen MR) is 83.9 cm³/mol. The van der Waals surface area contributed by atoms with Crippen molar-refractivity contribution in [1.82, 2.24) is 9.80 Å². The van der Waals surface area contributed by atoms with Crippen LogP contribution in [0.1, 0.15) is 31.4 Å². The molecule has 1 amide bonds. The highest BCUT2D eigenvalue weighted by Gasteiger charge is 2.33. The fourth-order valence-corrected chi connectivity index (χ4v) is 3.06. The number of hydrogen-bond acceptors (Lipinski definition) is 3. The highest BCUT2D eigenvalue weighted by molar-refractivity contribution is 5.82. The van der Waals surface area contributed by atoms with Crippen LogP contribution in [0.4, 0.5) is 0 Å². The number of aliphatic hydroxyl groups is 1. The van der Waals surface area contributed by atoms with E-state index < -0.39 is 0 Å². The number of carbonyl (C=O) groups is 1. The minimum atomic E-state index is -0.321. The van der Waals surface area contributed by atoms with Gasteiger partial charge in [0.05, 0.1) is 6.10 Å². The van der Waals surface area contributed by atoms with Gasteiger partial charge >= 0.3 is 0 Å². The van der Waals surface area contributed by atoms with Gasteiger partial charge in [-0.3, -0.25) is 9.69 Å². The molecule has 116 valence electrons. The molecule has 1 N–H and O–H groups in total. The molecular weight excluding hydrogens is 264 g/mol. The first-order valence-corrected chi connectivity index (χ1v) is 7.69. The van der Waals surface area contributed by atoms with Gasteiger partial charge in [-0.1, -0.05) is 30.3 Å². The number of likely N-dealkylation sites (tertiary alicyclic amines) is 1. The van der Waals surface area contributed by atoms with Crippen molar-refractivity contribution in [3.63, 3.8) is 0 Å². The van der Waals surface area contributed by atoms with E-state index in [9.17, 15) is 9.90 Å². The van der Waals surface area contributed by atoms with Gasteiger partial charge in [-0.25, -0.2) is 0 Å². The molecule has 1 saturated heterocycles. The van der Waals surface area contributed by atoms with Crippen LogP contribution >= 0.6 is 0 Å². The Kier molecular flexibility index (Phi) is 5.37. The van der Waals surface area contributed by atoms with E-state index in [0.717, 1.165) is 31.5 Å². The summed E-state index contributed by atoms with van der Waals surface area (Å²) in [5.74, 6) is 0.354. The number of benzene rings is 1. The molecular formula is C17H26N2O2. The second-order valence-electron chi connectivity index (χ2n) is 6.18. The third kappa shape index (κ3) is 3.83. The molecule has 3 atom stereocenters. The first-order valence-electron chi connectivity index (χ1n) is 7.69. The molecule has 0 spiro atoms. The van der Waals surface area contributed by atoms with Crippen molar-refractivity contribution < 1.29 is 9.90 Å². The number of piperidine rings is 1. The second-order valence-corrected chi connectivity index (χ2v) is 6.18. The lowest BCUT2D eigenvalue weighted by Crippen LogP contribution is -2.46. The molecule has 0 aromatic heterocycles. The van der Waals surface area contributed by atoms with Crippen molar-refractivity contribution >= 4 is 5.91 Å². The Bertz CT molecular complexity index is 459. The summed E-state index contributed by atoms with van der Waals surface area (Å²) in [7, 11) is 3.60. The quantitative estimate of drug-likeness (QED) is 0.921. The van der Waals surface area contributed by atoms with Gasteiger partial charge in [0.1, 0.15) is 6.04 Å². The van der Waals surface area contributed by atoms with E-state index in [1.54, 1.807) is 19.0 Å². The Morgan fingerprint density at radius 3 is 2.57 bits per heavy atom. The van der Waals surface area contributed by atoms with Gasteiger partial charge in [0.25, 0.3) is 0 Å². The highest BCUT2D eigenvalue weighted by atomic mass is 16.3. The van der Waals surface area contributed by atoms with Crippen molar-refractivity contribution in [1.29, 1.82) is 0 Å². The van der Waals surface area contributed by atoms with E-state index >= 15 is 0 Å². The van der Waals surface area contributed by atoms with Crippen molar-refractivity contribution in [3.8, 4) is 0 Å². The average molecular weight is 290 g/mol. The maximum absolute atomic E-state index is 12.6. The maximum atomic E-state index is 12.6. The molecule has 0 aliphatic carbocycles. The smallest absolute Gasteiger partial charge is 0.244 e. The molecule has 2 rings (SSSR count). The third-order valence-corrected chi connectivity index (χ3v) is 4.33. The van der Waals surface area contributed by atoms with Crippen LogP contribution in [0.3, 0.4) is 0 Å². The maximum Gasteiger partial charge on any atom is 0.244 e. The monoisotopic (exact) mass is 290 g/mol. The number of aliphatic hydroxyl groups excluding tert-OH is 1. The summed E-state index contributed by atoms with van der Waals surface area (Å²) in [6, 6.07) is 9.69. The number of rotatable bonds is 4. The summed E-state index contributed by atoms with van der Waals surface area (Å²) in [5, 5.41) is 9.87. The Morgan fingerprint density at radius 2 is 2.00 bits per heavy atom. The minimum absolute atomic E-state index is 0.104. The van der Waals surface area contributed by atoms with Gasteiger partial charge in [-0.2, -0.15) is 0 Å². The summed E-state index contributed by atoms with van der Waals surface area (Å²) < 4.78 is 0. The predicted octanol–water partition coefficient (Wildman–Crippen LogP) is 1.91. The summed E-state index contributed by atoms with van der Waals surface area (Å²) >= 11 is 0. The number of amides is 1. The van der Waals surface area contributed by atoms with Gasteiger partial charge in [0.15, 0.2) is 0 Å². The lowest BCUT2D eigenvalue weighted by Gasteiger charge is -2.39. The highest BCUT2D eigenvalue weighted by Crippen LogP contribution is 2.29. The fourth-order valence-electron chi connectivity index (χ4n) is 3.06. The second kappa shape index (κ2) is 7.05. The van der Waals surface area contributed by atoms with Crippen LogP contribution in [0.2, 0.25) is 0 Å². The summed E-state index contributed by atoms with van der Waals surface area (Å²) in [5.41, 5.74) is 1.03. The fraction of sp³-hybridized carbons (Fsp3) is 0.588. The molecule has 0 bridgehead atoms. The van der Waals surface area contributed by atoms with Gasteiger partial charge in [-0.15, -0.1) is 0 Å². The van der Waals surface area contributed by atoms with Crippen LogP contribution in [0, 0.1) is 5.92 Å².